The third-order valence-electron chi connectivity index (χ3n) is 5.98. The zero-order chi connectivity index (χ0) is 27.2. The molecule has 3 aromatic rings. The number of urea groups is 1. The summed E-state index contributed by atoms with van der Waals surface area (Å²) in [5.74, 6) is 0.449. The highest BCUT2D eigenvalue weighted by atomic mass is 16.6. The third kappa shape index (κ3) is 5.89. The van der Waals surface area contributed by atoms with Gasteiger partial charge >= 0.3 is 6.03 Å². The quantitative estimate of drug-likeness (QED) is 0.129. The number of ether oxygens (including phenoxy) is 2. The van der Waals surface area contributed by atoms with Gasteiger partial charge in [-0.1, -0.05) is 48.0 Å². The Morgan fingerprint density at radius 1 is 1.08 bits per heavy atom. The number of nitro groups is 1. The summed E-state index contributed by atoms with van der Waals surface area (Å²) in [5, 5.41) is 13.7. The van der Waals surface area contributed by atoms with E-state index in [1.54, 1.807) is 30.4 Å². The molecule has 4 rings (SSSR count). The van der Waals surface area contributed by atoms with E-state index in [4.69, 9.17) is 9.47 Å². The summed E-state index contributed by atoms with van der Waals surface area (Å²) >= 11 is 0. The van der Waals surface area contributed by atoms with Crippen molar-refractivity contribution in [2.75, 3.05) is 7.11 Å². The molecule has 1 aliphatic heterocycles. The van der Waals surface area contributed by atoms with Gasteiger partial charge < -0.3 is 14.8 Å². The number of allylic oxidation sites excluding steroid dienone is 1. The molecule has 0 unspecified atom stereocenters. The molecule has 9 nitrogen and oxygen atoms in total. The van der Waals surface area contributed by atoms with E-state index >= 15 is 0 Å². The second-order valence-corrected chi connectivity index (χ2v) is 8.78. The van der Waals surface area contributed by atoms with Crippen LogP contribution >= 0.6 is 0 Å². The largest absolute Gasteiger partial charge is 0.493 e. The number of benzene rings is 3. The zero-order valence-corrected chi connectivity index (χ0v) is 21.1. The van der Waals surface area contributed by atoms with E-state index in [1.807, 2.05) is 37.3 Å². The van der Waals surface area contributed by atoms with E-state index in [0.717, 1.165) is 21.6 Å². The molecule has 0 radical (unpaired) electrons. The van der Waals surface area contributed by atoms with Crippen molar-refractivity contribution in [3.8, 4) is 11.5 Å². The van der Waals surface area contributed by atoms with Crippen LogP contribution < -0.4 is 14.8 Å². The minimum atomic E-state index is -0.489. The molecule has 0 aliphatic carbocycles. The van der Waals surface area contributed by atoms with E-state index in [0.29, 0.717) is 29.0 Å². The molecule has 0 saturated carbocycles. The van der Waals surface area contributed by atoms with Crippen molar-refractivity contribution < 1.29 is 24.0 Å². The number of aryl methyl sites for hydroxylation is 1. The molecule has 1 N–H and O–H groups in total. The fourth-order valence-corrected chi connectivity index (χ4v) is 4.06. The fourth-order valence-electron chi connectivity index (χ4n) is 4.06. The van der Waals surface area contributed by atoms with Crippen molar-refractivity contribution in [1.29, 1.82) is 0 Å². The Morgan fingerprint density at radius 2 is 1.84 bits per heavy atom. The molecule has 1 heterocycles. The number of hydrogen-bond donors (Lipinski definition) is 1. The van der Waals surface area contributed by atoms with Crippen LogP contribution in [0.5, 0.6) is 11.5 Å². The number of imide groups is 1. The van der Waals surface area contributed by atoms with Crippen molar-refractivity contribution in [3.63, 3.8) is 0 Å². The Bertz CT molecular complexity index is 1430. The van der Waals surface area contributed by atoms with Crippen molar-refractivity contribution in [1.82, 2.24) is 10.2 Å². The number of nitrogens with zero attached hydrogens (tertiary/aromatic N) is 2. The molecule has 1 fully saturated rings. The monoisotopic (exact) mass is 513 g/mol. The number of nitrogens with one attached hydrogen (secondary N) is 1. The average molecular weight is 514 g/mol. The SMILES string of the molecule is C=CCc1cc(/C=C2/NC(=O)N(Cc3ccc(C)cc3)C2=O)cc(OC)c1OCc1cccc([N+](=O)[O-])c1. The summed E-state index contributed by atoms with van der Waals surface area (Å²) in [6.45, 7) is 6.03. The van der Waals surface area contributed by atoms with Gasteiger partial charge in [-0.2, -0.15) is 0 Å². The molecule has 0 atom stereocenters. The van der Waals surface area contributed by atoms with Gasteiger partial charge in [-0.3, -0.25) is 19.8 Å². The minimum absolute atomic E-state index is 0.0222. The van der Waals surface area contributed by atoms with Crippen molar-refractivity contribution >= 4 is 23.7 Å². The molecule has 9 heteroatoms. The van der Waals surface area contributed by atoms with E-state index in [9.17, 15) is 19.7 Å². The Balaban J connectivity index is 1.58. The molecule has 3 aromatic carbocycles. The maximum atomic E-state index is 13.0. The summed E-state index contributed by atoms with van der Waals surface area (Å²) in [4.78, 5) is 37.3. The molecule has 38 heavy (non-hydrogen) atoms. The van der Waals surface area contributed by atoms with Crippen LogP contribution in [-0.4, -0.2) is 28.9 Å². The number of carbonyl (C=O) groups is 2. The first-order valence-corrected chi connectivity index (χ1v) is 11.9. The second kappa shape index (κ2) is 11.4. The van der Waals surface area contributed by atoms with Crippen LogP contribution in [0.2, 0.25) is 0 Å². The summed E-state index contributed by atoms with van der Waals surface area (Å²) in [5.41, 5.74) is 4.07. The van der Waals surface area contributed by atoms with Gasteiger partial charge in [-0.15, -0.1) is 6.58 Å². The Hall–Kier alpha value is -4.92. The van der Waals surface area contributed by atoms with Gasteiger partial charge in [-0.25, -0.2) is 4.79 Å². The predicted octanol–water partition coefficient (Wildman–Crippen LogP) is 5.31. The van der Waals surface area contributed by atoms with Gasteiger partial charge in [0.1, 0.15) is 12.3 Å². The fraction of sp³-hybridized carbons (Fsp3) is 0.172. The predicted molar refractivity (Wildman–Crippen MR) is 143 cm³/mol. The highest BCUT2D eigenvalue weighted by Gasteiger charge is 2.33. The van der Waals surface area contributed by atoms with Gasteiger partial charge in [-0.05, 0) is 48.2 Å². The number of hydrogen-bond acceptors (Lipinski definition) is 6. The van der Waals surface area contributed by atoms with Crippen LogP contribution in [0.15, 0.2) is 79.0 Å². The summed E-state index contributed by atoms with van der Waals surface area (Å²) < 4.78 is 11.6. The van der Waals surface area contributed by atoms with Crippen molar-refractivity contribution in [2.24, 2.45) is 0 Å². The first-order chi connectivity index (χ1) is 18.3. The van der Waals surface area contributed by atoms with E-state index < -0.39 is 16.9 Å². The standard InChI is InChI=1S/C29H27N3O6/c1-4-6-23-13-22(15-25-28(33)31(29(34)30-25)17-20-11-9-19(2)10-12-20)16-26(37-3)27(23)38-18-21-7-5-8-24(14-21)32(35)36/h4-5,7-16H,1,6,17-18H2,2-3H3,(H,30,34)/b25-15+. The van der Waals surface area contributed by atoms with Crippen molar-refractivity contribution in [3.05, 3.63) is 117 Å². The van der Waals surface area contributed by atoms with Crippen LogP contribution in [0.1, 0.15) is 27.8 Å². The number of rotatable bonds is 10. The van der Waals surface area contributed by atoms with Crippen LogP contribution in [0, 0.1) is 17.0 Å². The lowest BCUT2D eigenvalue weighted by Crippen LogP contribution is -2.30. The highest BCUT2D eigenvalue weighted by Crippen LogP contribution is 2.35. The third-order valence-corrected chi connectivity index (χ3v) is 5.98. The molecule has 194 valence electrons. The molecule has 0 aromatic heterocycles. The Kier molecular flexibility index (Phi) is 7.86. The van der Waals surface area contributed by atoms with Crippen LogP contribution in [0.25, 0.3) is 6.08 Å². The smallest absolute Gasteiger partial charge is 0.329 e. The summed E-state index contributed by atoms with van der Waals surface area (Å²) in [7, 11) is 1.50. The number of nitro benzene ring substituents is 1. The van der Waals surface area contributed by atoms with E-state index in [1.165, 1.54) is 19.2 Å². The van der Waals surface area contributed by atoms with Gasteiger partial charge in [0.2, 0.25) is 0 Å². The molecular formula is C29H27N3O6. The lowest BCUT2D eigenvalue weighted by Gasteiger charge is -2.16. The average Bonchev–Trinajstić information content (AvgIpc) is 3.16. The molecule has 1 aliphatic rings. The second-order valence-electron chi connectivity index (χ2n) is 8.78. The number of non-ortho nitro benzene ring substituents is 1. The Labute approximate surface area is 220 Å². The Morgan fingerprint density at radius 3 is 2.53 bits per heavy atom. The first kappa shape index (κ1) is 26.2. The number of methoxy groups -OCH3 is 1. The van der Waals surface area contributed by atoms with Gasteiger partial charge in [0.15, 0.2) is 11.5 Å². The number of amides is 3. The van der Waals surface area contributed by atoms with Gasteiger partial charge in [0.25, 0.3) is 11.6 Å². The maximum absolute atomic E-state index is 13.0. The van der Waals surface area contributed by atoms with Gasteiger partial charge in [0.05, 0.1) is 18.6 Å². The van der Waals surface area contributed by atoms with Gasteiger partial charge in [0, 0.05) is 17.7 Å². The summed E-state index contributed by atoms with van der Waals surface area (Å²) in [6, 6.07) is 16.9. The molecule has 1 saturated heterocycles. The zero-order valence-electron chi connectivity index (χ0n) is 21.1. The topological polar surface area (TPSA) is 111 Å². The maximum Gasteiger partial charge on any atom is 0.329 e. The number of carbonyl (C=O) groups excluding carboxylic acids is 2. The normalized spacial score (nSPS) is 13.9. The molecule has 0 spiro atoms. The highest BCUT2D eigenvalue weighted by molar-refractivity contribution is 6.13. The molecular weight excluding hydrogens is 486 g/mol. The summed E-state index contributed by atoms with van der Waals surface area (Å²) in [6.07, 6.45) is 3.74. The minimum Gasteiger partial charge on any atom is -0.493 e. The van der Waals surface area contributed by atoms with E-state index in [-0.39, 0.29) is 24.5 Å². The van der Waals surface area contributed by atoms with Crippen LogP contribution in [0.4, 0.5) is 10.5 Å². The molecule has 3 amide bonds. The lowest BCUT2D eigenvalue weighted by molar-refractivity contribution is -0.384. The van der Waals surface area contributed by atoms with Crippen LogP contribution in [-0.2, 0) is 24.4 Å². The van der Waals surface area contributed by atoms with Crippen LogP contribution in [0.3, 0.4) is 0 Å². The van der Waals surface area contributed by atoms with E-state index in [2.05, 4.69) is 11.9 Å². The lowest BCUT2D eigenvalue weighted by atomic mass is 10.0. The van der Waals surface area contributed by atoms with Crippen molar-refractivity contribution in [2.45, 2.75) is 26.5 Å². The first-order valence-electron chi connectivity index (χ1n) is 11.9. The molecule has 0 bridgehead atoms.